The minimum atomic E-state index is -3.82. The van der Waals surface area contributed by atoms with Crippen LogP contribution >= 0.6 is 0 Å². The van der Waals surface area contributed by atoms with E-state index in [1.54, 1.807) is 12.1 Å². The summed E-state index contributed by atoms with van der Waals surface area (Å²) < 4.78 is 46.6. The molecule has 146 valence electrons. The zero-order chi connectivity index (χ0) is 20.3. The lowest BCUT2D eigenvalue weighted by Gasteiger charge is -2.03. The number of methoxy groups -OCH3 is 1. The van der Waals surface area contributed by atoms with Crippen molar-refractivity contribution in [2.45, 2.75) is 17.7 Å². The Morgan fingerprint density at radius 2 is 1.71 bits per heavy atom. The molecular formula is C19H17FN2O5S. The quantitative estimate of drug-likeness (QED) is 0.632. The first kappa shape index (κ1) is 19.7. The molecule has 0 atom stereocenters. The third-order valence-electron chi connectivity index (χ3n) is 4.00. The fourth-order valence-corrected chi connectivity index (χ4v) is 3.09. The number of nitrogens with two attached hydrogens (primary N) is 1. The summed E-state index contributed by atoms with van der Waals surface area (Å²) in [5, 5.41) is 5.12. The Balaban J connectivity index is 2.03. The van der Waals surface area contributed by atoms with Crippen molar-refractivity contribution in [1.29, 1.82) is 0 Å². The van der Waals surface area contributed by atoms with E-state index in [1.165, 1.54) is 43.5 Å². The molecule has 0 saturated heterocycles. The molecule has 28 heavy (non-hydrogen) atoms. The molecule has 3 rings (SSSR count). The number of benzene rings is 2. The van der Waals surface area contributed by atoms with E-state index >= 15 is 0 Å². The summed E-state index contributed by atoms with van der Waals surface area (Å²) in [5.74, 6) is -0.125. The number of ether oxygens (including phenoxy) is 1. The van der Waals surface area contributed by atoms with Crippen molar-refractivity contribution in [3.05, 3.63) is 60.2 Å². The fraction of sp³-hybridized carbons (Fsp3) is 0.158. The fourth-order valence-electron chi connectivity index (χ4n) is 2.58. The largest absolute Gasteiger partial charge is 0.469 e. The number of primary sulfonamides is 1. The van der Waals surface area contributed by atoms with E-state index in [9.17, 15) is 17.6 Å². The van der Waals surface area contributed by atoms with Crippen molar-refractivity contribution in [1.82, 2.24) is 4.98 Å². The maximum absolute atomic E-state index is 13.3. The van der Waals surface area contributed by atoms with Gasteiger partial charge in [0.1, 0.15) is 11.5 Å². The third-order valence-corrected chi connectivity index (χ3v) is 4.93. The van der Waals surface area contributed by atoms with Crippen LogP contribution < -0.4 is 5.14 Å². The van der Waals surface area contributed by atoms with Crippen molar-refractivity contribution in [2.24, 2.45) is 5.14 Å². The highest BCUT2D eigenvalue weighted by Gasteiger charge is 2.19. The predicted molar refractivity (Wildman–Crippen MR) is 99.0 cm³/mol. The van der Waals surface area contributed by atoms with E-state index in [4.69, 9.17) is 9.56 Å². The van der Waals surface area contributed by atoms with E-state index in [0.29, 0.717) is 28.5 Å². The summed E-state index contributed by atoms with van der Waals surface area (Å²) in [4.78, 5) is 15.8. The van der Waals surface area contributed by atoms with E-state index in [2.05, 4.69) is 9.72 Å². The summed E-state index contributed by atoms with van der Waals surface area (Å²) in [6.45, 7) is 0. The van der Waals surface area contributed by atoms with Crippen LogP contribution in [0, 0.1) is 5.82 Å². The number of sulfonamides is 1. The molecule has 0 saturated carbocycles. The van der Waals surface area contributed by atoms with Crippen molar-refractivity contribution in [2.75, 3.05) is 7.11 Å². The van der Waals surface area contributed by atoms with Crippen LogP contribution in [0.15, 0.2) is 57.8 Å². The van der Waals surface area contributed by atoms with Gasteiger partial charge in [-0.1, -0.05) is 0 Å². The van der Waals surface area contributed by atoms with Gasteiger partial charge in [0, 0.05) is 17.5 Å². The van der Waals surface area contributed by atoms with Crippen molar-refractivity contribution >= 4 is 16.0 Å². The molecule has 9 heteroatoms. The van der Waals surface area contributed by atoms with Crippen LogP contribution in [0.1, 0.15) is 12.3 Å². The van der Waals surface area contributed by atoms with Crippen LogP contribution in [0.5, 0.6) is 0 Å². The maximum atomic E-state index is 13.3. The lowest BCUT2D eigenvalue weighted by Crippen LogP contribution is -2.11. The van der Waals surface area contributed by atoms with Gasteiger partial charge in [0.05, 0.1) is 18.4 Å². The monoisotopic (exact) mass is 404 g/mol. The number of aromatic nitrogens is 1. The van der Waals surface area contributed by atoms with Crippen LogP contribution in [-0.4, -0.2) is 26.5 Å². The highest BCUT2D eigenvalue weighted by Crippen LogP contribution is 2.33. The topological polar surface area (TPSA) is 112 Å². The average Bonchev–Trinajstić information content (AvgIpc) is 3.10. The number of esters is 1. The van der Waals surface area contributed by atoms with Crippen molar-refractivity contribution in [3.63, 3.8) is 0 Å². The lowest BCUT2D eigenvalue weighted by molar-refractivity contribution is -0.140. The predicted octanol–water partition coefficient (Wildman–Crippen LogP) is 2.90. The molecule has 2 aromatic carbocycles. The van der Waals surface area contributed by atoms with Crippen LogP contribution in [0.2, 0.25) is 0 Å². The summed E-state index contributed by atoms with van der Waals surface area (Å²) in [6.07, 6.45) is 0.305. The Morgan fingerprint density at radius 1 is 1.11 bits per heavy atom. The Hall–Kier alpha value is -3.04. The number of aryl methyl sites for hydroxylation is 1. The van der Waals surface area contributed by atoms with E-state index < -0.39 is 21.8 Å². The Bertz CT molecular complexity index is 1090. The average molecular weight is 404 g/mol. The van der Waals surface area contributed by atoms with Crippen LogP contribution in [-0.2, 0) is 26.0 Å². The first-order valence-electron chi connectivity index (χ1n) is 8.23. The molecule has 0 aliphatic rings. The molecule has 0 amide bonds. The highest BCUT2D eigenvalue weighted by atomic mass is 32.2. The summed E-state index contributed by atoms with van der Waals surface area (Å²) in [7, 11) is -2.53. The summed E-state index contributed by atoms with van der Waals surface area (Å²) in [5.41, 5.74) is 1.62. The van der Waals surface area contributed by atoms with E-state index in [1.807, 2.05) is 0 Å². The van der Waals surface area contributed by atoms with E-state index in [-0.39, 0.29) is 17.7 Å². The molecule has 1 heterocycles. The van der Waals surface area contributed by atoms with Gasteiger partial charge in [0.2, 0.25) is 10.0 Å². The number of hydrogen-bond donors (Lipinski definition) is 1. The molecule has 0 bridgehead atoms. The minimum absolute atomic E-state index is 0.0370. The molecule has 0 fully saturated rings. The van der Waals surface area contributed by atoms with Gasteiger partial charge in [-0.15, -0.1) is 0 Å². The number of nitrogens with zero attached hydrogens (tertiary/aromatic N) is 1. The van der Waals surface area contributed by atoms with Crippen LogP contribution in [0.4, 0.5) is 4.39 Å². The first-order valence-corrected chi connectivity index (χ1v) is 9.78. The molecule has 0 aliphatic heterocycles. The summed E-state index contributed by atoms with van der Waals surface area (Å²) in [6, 6.07) is 11.5. The highest BCUT2D eigenvalue weighted by molar-refractivity contribution is 7.89. The Morgan fingerprint density at radius 3 is 2.29 bits per heavy atom. The first-order chi connectivity index (χ1) is 13.3. The van der Waals surface area contributed by atoms with Gasteiger partial charge >= 0.3 is 5.97 Å². The summed E-state index contributed by atoms with van der Waals surface area (Å²) >= 11 is 0. The molecule has 0 radical (unpaired) electrons. The molecule has 0 spiro atoms. The van der Waals surface area contributed by atoms with Crippen LogP contribution in [0.3, 0.4) is 0 Å². The molecule has 7 nitrogen and oxygen atoms in total. The normalized spacial score (nSPS) is 11.4. The third kappa shape index (κ3) is 4.44. The van der Waals surface area contributed by atoms with Gasteiger partial charge < -0.3 is 9.15 Å². The smallest absolute Gasteiger partial charge is 0.306 e. The molecular weight excluding hydrogens is 387 g/mol. The maximum Gasteiger partial charge on any atom is 0.306 e. The SMILES string of the molecule is COC(=O)CCc1nc(-c2ccc(F)cc2)c(-c2ccc(S(N)(=O)=O)cc2)o1. The number of carbonyl (C=O) groups is 1. The second kappa shape index (κ2) is 7.91. The zero-order valence-corrected chi connectivity index (χ0v) is 15.7. The van der Waals surface area contributed by atoms with Gasteiger partial charge in [-0.2, -0.15) is 0 Å². The van der Waals surface area contributed by atoms with Gasteiger partial charge in [0.15, 0.2) is 11.7 Å². The number of carbonyl (C=O) groups excluding carboxylic acids is 1. The van der Waals surface area contributed by atoms with Gasteiger partial charge in [-0.25, -0.2) is 22.9 Å². The number of rotatable bonds is 6. The van der Waals surface area contributed by atoms with E-state index in [0.717, 1.165) is 0 Å². The number of oxazole rings is 1. The van der Waals surface area contributed by atoms with Gasteiger partial charge in [0.25, 0.3) is 0 Å². The molecule has 0 aliphatic carbocycles. The second-order valence-corrected chi connectivity index (χ2v) is 7.50. The zero-order valence-electron chi connectivity index (χ0n) is 14.9. The minimum Gasteiger partial charge on any atom is -0.469 e. The number of hydrogen-bond acceptors (Lipinski definition) is 6. The van der Waals surface area contributed by atoms with Crippen molar-refractivity contribution in [3.8, 4) is 22.6 Å². The van der Waals surface area contributed by atoms with Gasteiger partial charge in [-0.05, 0) is 48.5 Å². The number of halogens is 1. The molecule has 2 N–H and O–H groups in total. The Labute approximate surface area is 161 Å². The molecule has 1 aromatic heterocycles. The second-order valence-electron chi connectivity index (χ2n) is 5.94. The van der Waals surface area contributed by atoms with Crippen molar-refractivity contribution < 1.29 is 26.8 Å². The van der Waals surface area contributed by atoms with Crippen LogP contribution in [0.25, 0.3) is 22.6 Å². The lowest BCUT2D eigenvalue weighted by atomic mass is 10.1. The van der Waals surface area contributed by atoms with Gasteiger partial charge in [-0.3, -0.25) is 4.79 Å². The molecule has 3 aromatic rings. The standard InChI is InChI=1S/C19H17FN2O5S/c1-26-17(23)11-10-16-22-18(12-2-6-14(20)7-3-12)19(27-16)13-4-8-15(9-5-13)28(21,24)25/h2-9H,10-11H2,1H3,(H2,21,24,25). The molecule has 0 unspecified atom stereocenters. The Kier molecular flexibility index (Phi) is 5.57.